The molecule has 0 radical (unpaired) electrons. The third kappa shape index (κ3) is 3.67. The van der Waals surface area contributed by atoms with E-state index in [2.05, 4.69) is 4.98 Å². The molecule has 1 aromatic heterocycles. The van der Waals surface area contributed by atoms with E-state index in [1.807, 2.05) is 49.1 Å². The third-order valence-electron chi connectivity index (χ3n) is 4.81. The number of aromatic nitrogens is 1. The topological polar surface area (TPSA) is 66.6 Å². The van der Waals surface area contributed by atoms with Crippen molar-refractivity contribution in [3.63, 3.8) is 0 Å². The average Bonchev–Trinajstić information content (AvgIpc) is 2.96. The van der Waals surface area contributed by atoms with E-state index >= 15 is 0 Å². The molecule has 24 heavy (non-hydrogen) atoms. The number of hydrogen-bond donors (Lipinski definition) is 1. The third-order valence-corrected chi connectivity index (χ3v) is 4.81. The highest BCUT2D eigenvalue weighted by Crippen LogP contribution is 2.24. The maximum absolute atomic E-state index is 12.5. The van der Waals surface area contributed by atoms with Crippen LogP contribution in [-0.4, -0.2) is 40.1 Å². The van der Waals surface area contributed by atoms with E-state index in [0.29, 0.717) is 36.4 Å². The van der Waals surface area contributed by atoms with Crippen LogP contribution in [0.1, 0.15) is 31.2 Å². The Morgan fingerprint density at radius 1 is 1.33 bits per heavy atom. The van der Waals surface area contributed by atoms with Crippen LogP contribution in [0.5, 0.6) is 0 Å². The summed E-state index contributed by atoms with van der Waals surface area (Å²) in [7, 11) is 0. The number of likely N-dealkylation sites (tertiary alicyclic amines) is 1. The molecule has 0 bridgehead atoms. The molecule has 1 aromatic carbocycles. The molecule has 1 N–H and O–H groups in total. The molecule has 0 spiro atoms. The minimum atomic E-state index is -0.298. The largest absolute Gasteiger partial charge is 0.441 e. The second kappa shape index (κ2) is 7.18. The minimum Gasteiger partial charge on any atom is -0.441 e. The number of piperidine rings is 1. The van der Waals surface area contributed by atoms with Crippen molar-refractivity contribution >= 4 is 5.91 Å². The Kier molecular flexibility index (Phi) is 5.00. The maximum atomic E-state index is 12.5. The fourth-order valence-electron chi connectivity index (χ4n) is 3.18. The lowest BCUT2D eigenvalue weighted by atomic mass is 9.92. The monoisotopic (exact) mass is 328 g/mol. The predicted molar refractivity (Wildman–Crippen MR) is 91.4 cm³/mol. The number of amides is 1. The summed E-state index contributed by atoms with van der Waals surface area (Å²) < 4.78 is 5.72. The van der Waals surface area contributed by atoms with Gasteiger partial charge in [-0.1, -0.05) is 18.2 Å². The van der Waals surface area contributed by atoms with Gasteiger partial charge in [-0.3, -0.25) is 4.79 Å². The first-order chi connectivity index (χ1) is 11.5. The van der Waals surface area contributed by atoms with Gasteiger partial charge in [0.1, 0.15) is 5.76 Å². The van der Waals surface area contributed by atoms with Crippen LogP contribution in [0.25, 0.3) is 11.5 Å². The zero-order chi connectivity index (χ0) is 17.1. The highest BCUT2D eigenvalue weighted by molar-refractivity contribution is 5.78. The molecule has 0 saturated carbocycles. The molecule has 1 fully saturated rings. The Bertz CT molecular complexity index is 686. The van der Waals surface area contributed by atoms with Crippen molar-refractivity contribution in [1.82, 2.24) is 9.88 Å². The standard InChI is InChI=1S/C19H24N2O3/c1-13(22)15-8-10-21(11-9-15)18(23)12-17-14(2)24-19(20-17)16-6-4-3-5-7-16/h3-7,13,15,22H,8-12H2,1-2H3. The quantitative estimate of drug-likeness (QED) is 0.937. The van der Waals surface area contributed by atoms with Crippen molar-refractivity contribution < 1.29 is 14.3 Å². The summed E-state index contributed by atoms with van der Waals surface area (Å²) in [6.07, 6.45) is 1.68. The lowest BCUT2D eigenvalue weighted by Crippen LogP contribution is -2.41. The van der Waals surface area contributed by atoms with Crippen LogP contribution in [0, 0.1) is 12.8 Å². The number of rotatable bonds is 4. The first kappa shape index (κ1) is 16.7. The number of aliphatic hydroxyl groups excluding tert-OH is 1. The molecule has 5 heteroatoms. The summed E-state index contributed by atoms with van der Waals surface area (Å²) in [6, 6.07) is 9.70. The fourth-order valence-corrected chi connectivity index (χ4v) is 3.18. The van der Waals surface area contributed by atoms with Gasteiger partial charge in [0.15, 0.2) is 0 Å². The molecule has 2 aromatic rings. The van der Waals surface area contributed by atoms with Gasteiger partial charge in [-0.2, -0.15) is 0 Å². The van der Waals surface area contributed by atoms with Crippen LogP contribution < -0.4 is 0 Å². The molecule has 3 rings (SSSR count). The highest BCUT2D eigenvalue weighted by Gasteiger charge is 2.26. The smallest absolute Gasteiger partial charge is 0.228 e. The fraction of sp³-hybridized carbons (Fsp3) is 0.474. The highest BCUT2D eigenvalue weighted by atomic mass is 16.4. The van der Waals surface area contributed by atoms with Gasteiger partial charge in [0, 0.05) is 18.7 Å². The van der Waals surface area contributed by atoms with Crippen molar-refractivity contribution in [1.29, 1.82) is 0 Å². The zero-order valence-corrected chi connectivity index (χ0v) is 14.2. The van der Waals surface area contributed by atoms with Gasteiger partial charge >= 0.3 is 0 Å². The predicted octanol–water partition coefficient (Wildman–Crippen LogP) is 2.81. The van der Waals surface area contributed by atoms with Crippen molar-refractivity contribution in [2.75, 3.05) is 13.1 Å². The van der Waals surface area contributed by atoms with Gasteiger partial charge in [0.2, 0.25) is 11.8 Å². The molecule has 1 saturated heterocycles. The lowest BCUT2D eigenvalue weighted by molar-refractivity contribution is -0.132. The van der Waals surface area contributed by atoms with Crippen molar-refractivity contribution in [3.8, 4) is 11.5 Å². The summed E-state index contributed by atoms with van der Waals surface area (Å²) >= 11 is 0. The van der Waals surface area contributed by atoms with E-state index in [1.54, 1.807) is 0 Å². The van der Waals surface area contributed by atoms with Gasteiger partial charge in [-0.05, 0) is 44.7 Å². The molecule has 5 nitrogen and oxygen atoms in total. The number of hydrogen-bond acceptors (Lipinski definition) is 4. The van der Waals surface area contributed by atoms with E-state index in [0.717, 1.165) is 18.4 Å². The van der Waals surface area contributed by atoms with Crippen LogP contribution in [0.3, 0.4) is 0 Å². The Hall–Kier alpha value is -2.14. The number of nitrogens with zero attached hydrogens (tertiary/aromatic N) is 2. The maximum Gasteiger partial charge on any atom is 0.228 e. The second-order valence-corrected chi connectivity index (χ2v) is 6.52. The van der Waals surface area contributed by atoms with Crippen LogP contribution in [-0.2, 0) is 11.2 Å². The van der Waals surface area contributed by atoms with Gasteiger partial charge in [0.05, 0.1) is 18.2 Å². The van der Waals surface area contributed by atoms with E-state index < -0.39 is 0 Å². The summed E-state index contributed by atoms with van der Waals surface area (Å²) in [4.78, 5) is 18.9. The number of benzene rings is 1. The SMILES string of the molecule is Cc1oc(-c2ccccc2)nc1CC(=O)N1CCC(C(C)O)CC1. The number of carbonyl (C=O) groups excluding carboxylic acids is 1. The number of aryl methyl sites for hydroxylation is 1. The van der Waals surface area contributed by atoms with Crippen LogP contribution in [0.15, 0.2) is 34.7 Å². The summed E-state index contributed by atoms with van der Waals surface area (Å²) in [6.45, 7) is 5.08. The molecule has 1 aliphatic rings. The van der Waals surface area contributed by atoms with Crippen LogP contribution in [0.4, 0.5) is 0 Å². The van der Waals surface area contributed by atoms with Gasteiger partial charge in [-0.15, -0.1) is 0 Å². The van der Waals surface area contributed by atoms with Gasteiger partial charge in [0.25, 0.3) is 0 Å². The Balaban J connectivity index is 1.64. The molecule has 1 atom stereocenters. The number of oxazole rings is 1. The minimum absolute atomic E-state index is 0.0788. The Morgan fingerprint density at radius 2 is 2.00 bits per heavy atom. The van der Waals surface area contributed by atoms with Crippen molar-refractivity contribution in [2.24, 2.45) is 5.92 Å². The molecule has 0 aliphatic carbocycles. The van der Waals surface area contributed by atoms with Crippen LogP contribution in [0.2, 0.25) is 0 Å². The van der Waals surface area contributed by atoms with Crippen molar-refractivity contribution in [3.05, 3.63) is 41.8 Å². The Labute approximate surface area is 142 Å². The van der Waals surface area contributed by atoms with E-state index in [9.17, 15) is 9.90 Å². The second-order valence-electron chi connectivity index (χ2n) is 6.52. The van der Waals surface area contributed by atoms with Crippen LogP contribution >= 0.6 is 0 Å². The first-order valence-electron chi connectivity index (χ1n) is 8.52. The molecular weight excluding hydrogens is 304 g/mol. The number of aliphatic hydroxyl groups is 1. The normalized spacial score (nSPS) is 17.0. The molecular formula is C19H24N2O3. The van der Waals surface area contributed by atoms with Gasteiger partial charge in [-0.25, -0.2) is 4.98 Å². The summed E-state index contributed by atoms with van der Waals surface area (Å²) in [5, 5.41) is 9.66. The van der Waals surface area contributed by atoms with E-state index in [1.165, 1.54) is 0 Å². The average molecular weight is 328 g/mol. The van der Waals surface area contributed by atoms with E-state index in [-0.39, 0.29) is 18.4 Å². The van der Waals surface area contributed by atoms with E-state index in [4.69, 9.17) is 4.42 Å². The Morgan fingerprint density at radius 3 is 2.62 bits per heavy atom. The molecule has 1 amide bonds. The molecule has 128 valence electrons. The zero-order valence-electron chi connectivity index (χ0n) is 14.2. The molecule has 2 heterocycles. The molecule has 1 aliphatic heterocycles. The first-order valence-corrected chi connectivity index (χ1v) is 8.52. The molecule has 1 unspecified atom stereocenters. The lowest BCUT2D eigenvalue weighted by Gasteiger charge is -2.33. The van der Waals surface area contributed by atoms with Gasteiger partial charge < -0.3 is 14.4 Å². The summed E-state index contributed by atoms with van der Waals surface area (Å²) in [5.41, 5.74) is 1.62. The van der Waals surface area contributed by atoms with Crippen molar-refractivity contribution in [2.45, 2.75) is 39.2 Å². The number of carbonyl (C=O) groups is 1. The summed E-state index contributed by atoms with van der Waals surface area (Å²) in [5.74, 6) is 1.63.